The van der Waals surface area contributed by atoms with E-state index in [0.29, 0.717) is 49.8 Å². The Labute approximate surface area is 203 Å². The zero-order chi connectivity index (χ0) is 24.4. The maximum Gasteiger partial charge on any atom is 0.325 e. The lowest BCUT2D eigenvalue weighted by Crippen LogP contribution is -2.52. The highest BCUT2D eigenvalue weighted by Crippen LogP contribution is 2.37. The molecular formula is C25H28N4O6. The van der Waals surface area contributed by atoms with Crippen LogP contribution >= 0.6 is 0 Å². The number of fused-ring (bicyclic) bond motifs is 1. The Balaban J connectivity index is 1.13. The number of nitrogens with zero attached hydrogens (tertiary/aromatic N) is 3. The van der Waals surface area contributed by atoms with Gasteiger partial charge in [0, 0.05) is 32.7 Å². The second-order valence-corrected chi connectivity index (χ2v) is 8.90. The van der Waals surface area contributed by atoms with E-state index in [9.17, 15) is 14.4 Å². The molecule has 1 atom stereocenters. The maximum absolute atomic E-state index is 13.2. The van der Waals surface area contributed by atoms with Gasteiger partial charge >= 0.3 is 6.03 Å². The van der Waals surface area contributed by atoms with E-state index in [1.165, 1.54) is 0 Å². The molecule has 2 aromatic carbocycles. The van der Waals surface area contributed by atoms with Crippen LogP contribution in [0.4, 0.5) is 4.79 Å². The number of imide groups is 1. The molecule has 184 valence electrons. The van der Waals surface area contributed by atoms with Crippen molar-refractivity contribution in [2.75, 3.05) is 52.7 Å². The lowest BCUT2D eigenvalue weighted by molar-refractivity contribution is -0.139. The van der Waals surface area contributed by atoms with E-state index in [0.717, 1.165) is 17.2 Å². The topological polar surface area (TPSA) is 101 Å². The predicted octanol–water partition coefficient (Wildman–Crippen LogP) is 1.41. The number of rotatable bonds is 7. The Morgan fingerprint density at radius 2 is 1.77 bits per heavy atom. The molecule has 35 heavy (non-hydrogen) atoms. The lowest BCUT2D eigenvalue weighted by Gasteiger charge is -2.35. The van der Waals surface area contributed by atoms with Crippen LogP contribution in [0.3, 0.4) is 0 Å². The summed E-state index contributed by atoms with van der Waals surface area (Å²) in [5.74, 6) is 1.23. The second-order valence-electron chi connectivity index (χ2n) is 8.90. The van der Waals surface area contributed by atoms with E-state index in [2.05, 4.69) is 10.2 Å². The van der Waals surface area contributed by atoms with Crippen molar-refractivity contribution in [3.63, 3.8) is 0 Å². The van der Waals surface area contributed by atoms with Crippen LogP contribution in [-0.4, -0.2) is 85.2 Å². The molecular weight excluding hydrogens is 452 g/mol. The molecule has 0 spiro atoms. The number of piperazine rings is 1. The molecule has 2 aromatic rings. The largest absolute Gasteiger partial charge is 0.492 e. The van der Waals surface area contributed by atoms with Crippen LogP contribution in [0.2, 0.25) is 0 Å². The van der Waals surface area contributed by atoms with Gasteiger partial charge in [-0.2, -0.15) is 0 Å². The third kappa shape index (κ3) is 4.61. The van der Waals surface area contributed by atoms with Crippen molar-refractivity contribution in [2.24, 2.45) is 0 Å². The van der Waals surface area contributed by atoms with Crippen molar-refractivity contribution in [2.45, 2.75) is 12.5 Å². The third-order valence-corrected chi connectivity index (χ3v) is 6.66. The molecule has 2 fully saturated rings. The van der Waals surface area contributed by atoms with Crippen molar-refractivity contribution in [1.29, 1.82) is 0 Å². The van der Waals surface area contributed by atoms with Gasteiger partial charge in [0.1, 0.15) is 24.4 Å². The summed E-state index contributed by atoms with van der Waals surface area (Å²) in [6, 6.07) is 14.2. The van der Waals surface area contributed by atoms with Gasteiger partial charge in [0.2, 0.25) is 12.7 Å². The molecule has 1 N–H and O–H groups in total. The standard InChI is InChI=1S/C25H28N4O6/c1-25(18-7-8-20-21(15-18)35-17-34-20)23(31)29(24(32)26-25)16-22(30)28-11-9-27(10-12-28)13-14-33-19-5-3-2-4-6-19/h2-8,15H,9-14,16-17H2,1H3,(H,26,32). The summed E-state index contributed by atoms with van der Waals surface area (Å²) < 4.78 is 16.5. The first-order valence-corrected chi connectivity index (χ1v) is 11.7. The molecule has 0 saturated carbocycles. The minimum absolute atomic E-state index is 0.115. The number of nitrogens with one attached hydrogen (secondary N) is 1. The lowest BCUT2D eigenvalue weighted by atomic mass is 9.91. The number of carbonyl (C=O) groups excluding carboxylic acids is 3. The Bertz CT molecular complexity index is 1120. The Morgan fingerprint density at radius 3 is 2.54 bits per heavy atom. The Hall–Kier alpha value is -3.79. The van der Waals surface area contributed by atoms with Crippen LogP contribution in [0.25, 0.3) is 0 Å². The molecule has 2 saturated heterocycles. The molecule has 3 aliphatic heterocycles. The van der Waals surface area contributed by atoms with Crippen LogP contribution in [0.15, 0.2) is 48.5 Å². The Kier molecular flexibility index (Phi) is 6.21. The predicted molar refractivity (Wildman–Crippen MR) is 125 cm³/mol. The van der Waals surface area contributed by atoms with Crippen molar-refractivity contribution < 1.29 is 28.6 Å². The second kappa shape index (κ2) is 9.46. The van der Waals surface area contributed by atoms with E-state index in [4.69, 9.17) is 14.2 Å². The summed E-state index contributed by atoms with van der Waals surface area (Å²) in [7, 11) is 0. The zero-order valence-corrected chi connectivity index (χ0v) is 19.6. The summed E-state index contributed by atoms with van der Waals surface area (Å²) in [6.45, 7) is 5.27. The fraction of sp³-hybridized carbons (Fsp3) is 0.400. The number of carbonyl (C=O) groups is 3. The fourth-order valence-corrected chi connectivity index (χ4v) is 4.51. The molecule has 1 unspecified atom stereocenters. The summed E-state index contributed by atoms with van der Waals surface area (Å²) in [5, 5.41) is 2.74. The van der Waals surface area contributed by atoms with Crippen molar-refractivity contribution in [1.82, 2.24) is 20.0 Å². The molecule has 10 nitrogen and oxygen atoms in total. The molecule has 0 bridgehead atoms. The van der Waals surface area contributed by atoms with Gasteiger partial charge in [0.25, 0.3) is 5.91 Å². The molecule has 0 radical (unpaired) electrons. The molecule has 4 amide bonds. The van der Waals surface area contributed by atoms with Crippen LogP contribution in [0.5, 0.6) is 17.2 Å². The van der Waals surface area contributed by atoms with Crippen molar-refractivity contribution in [3.8, 4) is 17.2 Å². The van der Waals surface area contributed by atoms with Gasteiger partial charge in [-0.05, 0) is 36.8 Å². The smallest absolute Gasteiger partial charge is 0.325 e. The van der Waals surface area contributed by atoms with Gasteiger partial charge in [-0.3, -0.25) is 19.4 Å². The van der Waals surface area contributed by atoms with Crippen LogP contribution in [0, 0.1) is 0 Å². The molecule has 5 rings (SSSR count). The first-order chi connectivity index (χ1) is 16.9. The monoisotopic (exact) mass is 480 g/mol. The average Bonchev–Trinajstić information content (AvgIpc) is 3.43. The normalized spacial score (nSPS) is 21.9. The highest BCUT2D eigenvalue weighted by atomic mass is 16.7. The number of urea groups is 1. The highest BCUT2D eigenvalue weighted by Gasteiger charge is 2.50. The van der Waals surface area contributed by atoms with Crippen LogP contribution in [0.1, 0.15) is 12.5 Å². The van der Waals surface area contributed by atoms with Crippen molar-refractivity contribution in [3.05, 3.63) is 54.1 Å². The summed E-state index contributed by atoms with van der Waals surface area (Å²) in [4.78, 5) is 43.7. The number of para-hydroxylation sites is 1. The first kappa shape index (κ1) is 23.0. The average molecular weight is 481 g/mol. The van der Waals surface area contributed by atoms with Gasteiger partial charge < -0.3 is 24.4 Å². The summed E-state index contributed by atoms with van der Waals surface area (Å²) >= 11 is 0. The number of ether oxygens (including phenoxy) is 3. The minimum Gasteiger partial charge on any atom is -0.492 e. The number of hydrogen-bond donors (Lipinski definition) is 1. The van der Waals surface area contributed by atoms with Gasteiger partial charge in [-0.25, -0.2) is 4.79 Å². The summed E-state index contributed by atoms with van der Waals surface area (Å²) in [6.07, 6.45) is 0. The van der Waals surface area contributed by atoms with Crippen molar-refractivity contribution >= 4 is 17.8 Å². The fourth-order valence-electron chi connectivity index (χ4n) is 4.51. The van der Waals surface area contributed by atoms with Crippen LogP contribution < -0.4 is 19.5 Å². The molecule has 3 aliphatic rings. The number of hydrogen-bond acceptors (Lipinski definition) is 7. The van der Waals surface area contributed by atoms with E-state index in [1.807, 2.05) is 30.3 Å². The third-order valence-electron chi connectivity index (χ3n) is 6.66. The van der Waals surface area contributed by atoms with E-state index in [-0.39, 0.29) is 19.2 Å². The first-order valence-electron chi connectivity index (χ1n) is 11.7. The van der Waals surface area contributed by atoms with Gasteiger partial charge in [-0.1, -0.05) is 24.3 Å². The minimum atomic E-state index is -1.28. The summed E-state index contributed by atoms with van der Waals surface area (Å²) in [5.41, 5.74) is -0.711. The van der Waals surface area contributed by atoms with E-state index < -0.39 is 17.5 Å². The maximum atomic E-state index is 13.2. The molecule has 10 heteroatoms. The van der Waals surface area contributed by atoms with Gasteiger partial charge in [0.15, 0.2) is 11.5 Å². The Morgan fingerprint density at radius 1 is 1.03 bits per heavy atom. The highest BCUT2D eigenvalue weighted by molar-refractivity contribution is 6.09. The quantitative estimate of drug-likeness (QED) is 0.598. The van der Waals surface area contributed by atoms with E-state index >= 15 is 0 Å². The molecule has 3 heterocycles. The SMILES string of the molecule is CC1(c2ccc3c(c2)OCO3)NC(=O)N(CC(=O)N2CCN(CCOc3ccccc3)CC2)C1=O. The van der Waals surface area contributed by atoms with E-state index in [1.54, 1.807) is 30.0 Å². The van der Waals surface area contributed by atoms with Crippen LogP contribution in [-0.2, 0) is 15.1 Å². The number of amides is 4. The molecule has 0 aliphatic carbocycles. The van der Waals surface area contributed by atoms with Gasteiger partial charge in [-0.15, -0.1) is 0 Å². The van der Waals surface area contributed by atoms with Gasteiger partial charge in [0.05, 0.1) is 0 Å². The number of benzene rings is 2. The molecule has 0 aromatic heterocycles. The zero-order valence-electron chi connectivity index (χ0n) is 19.6.